The van der Waals surface area contributed by atoms with Gasteiger partial charge in [-0.1, -0.05) is 17.9 Å². The molecule has 0 saturated heterocycles. The van der Waals surface area contributed by atoms with Crippen LogP contribution in [0.2, 0.25) is 0 Å². The molecule has 1 aromatic carbocycles. The van der Waals surface area contributed by atoms with Gasteiger partial charge in [0.25, 0.3) is 11.5 Å². The fraction of sp³-hybridized carbons (Fsp3) is 0.115. The molecule has 1 unspecified atom stereocenters. The molecule has 0 bridgehead atoms. The van der Waals surface area contributed by atoms with E-state index >= 15 is 0 Å². The highest BCUT2D eigenvalue weighted by molar-refractivity contribution is 6.00. The number of amides is 1. The largest absolute Gasteiger partial charge is 0.366 e. The molecule has 0 aliphatic heterocycles. The first kappa shape index (κ1) is 22.5. The third-order valence-electron chi connectivity index (χ3n) is 5.36. The fourth-order valence-electron chi connectivity index (χ4n) is 3.67. The highest BCUT2D eigenvalue weighted by Crippen LogP contribution is 2.28. The summed E-state index contributed by atoms with van der Waals surface area (Å²) in [5, 5.41) is 0.623. The maximum Gasteiger partial charge on any atom is 0.254 e. The number of nitrogens with zero attached hydrogens (tertiary/aromatic N) is 2. The van der Waals surface area contributed by atoms with Gasteiger partial charge in [-0.25, -0.2) is 13.8 Å². The van der Waals surface area contributed by atoms with Crippen molar-refractivity contribution in [2.45, 2.75) is 12.3 Å². The lowest BCUT2D eigenvalue weighted by atomic mass is 9.89. The molecule has 0 aliphatic carbocycles. The molecule has 0 saturated carbocycles. The molecule has 0 radical (unpaired) electrons. The number of primary amides is 1. The van der Waals surface area contributed by atoms with E-state index in [0.29, 0.717) is 16.6 Å². The average Bonchev–Trinajstić information content (AvgIpc) is 3.29. The van der Waals surface area contributed by atoms with Crippen molar-refractivity contribution in [3.8, 4) is 23.7 Å². The highest BCUT2D eigenvalue weighted by atomic mass is 19.1. The Labute approximate surface area is 193 Å². The number of carbonyl (C=O) groups is 1. The minimum atomic E-state index is -0.802. The van der Waals surface area contributed by atoms with Gasteiger partial charge in [0.2, 0.25) is 0 Å². The van der Waals surface area contributed by atoms with E-state index in [1.54, 1.807) is 37.6 Å². The number of hydrogen-bond donors (Lipinski definition) is 2. The Bertz CT molecular complexity index is 1600. The first-order valence-corrected chi connectivity index (χ1v) is 10.2. The number of rotatable bonds is 4. The molecule has 1 amide bonds. The molecule has 0 fully saturated rings. The molecule has 3 heterocycles. The SMILES string of the molecule is Cn1cccc(C(CC#CC#Cc2c(C(N)=O)cnc3[nH]ccc23)c2cc(F)ccc2F)c1=O. The maximum atomic E-state index is 14.6. The fourth-order valence-corrected chi connectivity index (χ4v) is 3.67. The number of aromatic nitrogens is 3. The van der Waals surface area contributed by atoms with Crippen molar-refractivity contribution in [3.05, 3.63) is 99.2 Å². The van der Waals surface area contributed by atoms with E-state index in [4.69, 9.17) is 5.73 Å². The zero-order valence-electron chi connectivity index (χ0n) is 18.0. The van der Waals surface area contributed by atoms with Crippen LogP contribution in [-0.2, 0) is 7.05 Å². The first-order chi connectivity index (χ1) is 16.4. The van der Waals surface area contributed by atoms with Crippen molar-refractivity contribution in [1.82, 2.24) is 14.5 Å². The van der Waals surface area contributed by atoms with Gasteiger partial charge in [-0.2, -0.15) is 0 Å². The number of H-pyrrole nitrogens is 1. The van der Waals surface area contributed by atoms with Crippen molar-refractivity contribution in [2.24, 2.45) is 12.8 Å². The molecule has 4 rings (SSSR count). The van der Waals surface area contributed by atoms with Crippen LogP contribution in [0.1, 0.15) is 39.4 Å². The van der Waals surface area contributed by atoms with Crippen molar-refractivity contribution < 1.29 is 13.6 Å². The number of pyridine rings is 2. The number of benzene rings is 1. The van der Waals surface area contributed by atoms with Gasteiger partial charge in [-0.3, -0.25) is 9.59 Å². The number of fused-ring (bicyclic) bond motifs is 1. The van der Waals surface area contributed by atoms with Crippen LogP contribution in [0, 0.1) is 35.3 Å². The standard InChI is InChI=1S/C26H18F2N4O2/c1-32-13-5-8-20(26(32)34)18(21-14-16(27)9-10-23(21)28)7-4-2-3-6-17-19-11-12-30-25(19)31-15-22(17)24(29)33/h5,8-15,18H,7H2,1H3,(H2,29,33)(H,30,31). The van der Waals surface area contributed by atoms with Crippen molar-refractivity contribution in [2.75, 3.05) is 0 Å². The summed E-state index contributed by atoms with van der Waals surface area (Å²) < 4.78 is 29.8. The van der Waals surface area contributed by atoms with Crippen molar-refractivity contribution in [3.63, 3.8) is 0 Å². The Balaban J connectivity index is 1.72. The lowest BCUT2D eigenvalue weighted by Gasteiger charge is -2.16. The smallest absolute Gasteiger partial charge is 0.254 e. The molecule has 6 nitrogen and oxygen atoms in total. The number of aromatic amines is 1. The van der Waals surface area contributed by atoms with Crippen LogP contribution in [0.3, 0.4) is 0 Å². The molecule has 3 aromatic heterocycles. The number of nitrogens with one attached hydrogen (secondary N) is 1. The molecular formula is C26H18F2N4O2. The Morgan fingerprint density at radius 3 is 2.82 bits per heavy atom. The summed E-state index contributed by atoms with van der Waals surface area (Å²) >= 11 is 0. The molecule has 34 heavy (non-hydrogen) atoms. The molecule has 4 aromatic rings. The van der Waals surface area contributed by atoms with Gasteiger partial charge in [0.1, 0.15) is 17.3 Å². The Hall–Kier alpha value is -4.69. The van der Waals surface area contributed by atoms with Gasteiger partial charge in [-0.15, -0.1) is 0 Å². The predicted molar refractivity (Wildman–Crippen MR) is 124 cm³/mol. The van der Waals surface area contributed by atoms with Gasteiger partial charge in [-0.05, 0) is 47.7 Å². The van der Waals surface area contributed by atoms with E-state index < -0.39 is 23.5 Å². The van der Waals surface area contributed by atoms with E-state index in [1.165, 1.54) is 10.8 Å². The van der Waals surface area contributed by atoms with Crippen LogP contribution in [-0.4, -0.2) is 20.4 Å². The number of hydrogen-bond acceptors (Lipinski definition) is 3. The number of aryl methyl sites for hydroxylation is 1. The lowest BCUT2D eigenvalue weighted by molar-refractivity contribution is 0.1000. The van der Waals surface area contributed by atoms with E-state index in [1.807, 2.05) is 0 Å². The zero-order valence-corrected chi connectivity index (χ0v) is 18.0. The summed E-state index contributed by atoms with van der Waals surface area (Å²) in [7, 11) is 1.58. The third kappa shape index (κ3) is 4.43. The second-order valence-electron chi connectivity index (χ2n) is 7.50. The predicted octanol–water partition coefficient (Wildman–Crippen LogP) is 3.22. The Morgan fingerprint density at radius 2 is 2.03 bits per heavy atom. The zero-order chi connectivity index (χ0) is 24.2. The maximum absolute atomic E-state index is 14.6. The second kappa shape index (κ2) is 9.43. The third-order valence-corrected chi connectivity index (χ3v) is 5.36. The van der Waals surface area contributed by atoms with Gasteiger partial charge in [0.15, 0.2) is 0 Å². The summed E-state index contributed by atoms with van der Waals surface area (Å²) in [6.07, 6.45) is 4.60. The quantitative estimate of drug-likeness (QED) is 0.462. The monoisotopic (exact) mass is 456 g/mol. The van der Waals surface area contributed by atoms with Crippen molar-refractivity contribution in [1.29, 1.82) is 0 Å². The van der Waals surface area contributed by atoms with Crippen LogP contribution in [0.4, 0.5) is 8.78 Å². The number of nitrogens with two attached hydrogens (primary N) is 1. The van der Waals surface area contributed by atoms with Crippen LogP contribution in [0.15, 0.2) is 59.8 Å². The molecule has 3 N–H and O–H groups in total. The van der Waals surface area contributed by atoms with Crippen LogP contribution in [0.25, 0.3) is 11.0 Å². The topological polar surface area (TPSA) is 93.8 Å². The molecular weight excluding hydrogens is 438 g/mol. The van der Waals surface area contributed by atoms with Gasteiger partial charge < -0.3 is 15.3 Å². The lowest BCUT2D eigenvalue weighted by Crippen LogP contribution is -2.23. The molecule has 0 spiro atoms. The van der Waals surface area contributed by atoms with Crippen molar-refractivity contribution >= 4 is 16.9 Å². The van der Waals surface area contributed by atoms with Crippen LogP contribution in [0.5, 0.6) is 0 Å². The minimum Gasteiger partial charge on any atom is -0.366 e. The highest BCUT2D eigenvalue weighted by Gasteiger charge is 2.21. The molecule has 168 valence electrons. The summed E-state index contributed by atoms with van der Waals surface area (Å²) in [5.41, 5.74) is 6.52. The van der Waals surface area contributed by atoms with Crippen LogP contribution < -0.4 is 11.3 Å². The van der Waals surface area contributed by atoms with E-state index in [-0.39, 0.29) is 28.7 Å². The Morgan fingerprint density at radius 1 is 1.21 bits per heavy atom. The summed E-state index contributed by atoms with van der Waals surface area (Å²) in [6.45, 7) is 0. The van der Waals surface area contributed by atoms with Gasteiger partial charge >= 0.3 is 0 Å². The minimum absolute atomic E-state index is 0.0207. The van der Waals surface area contributed by atoms with E-state index in [0.717, 1.165) is 18.2 Å². The van der Waals surface area contributed by atoms with E-state index in [9.17, 15) is 18.4 Å². The number of halogens is 2. The summed E-state index contributed by atoms with van der Waals surface area (Å²) in [5.74, 6) is 8.30. The first-order valence-electron chi connectivity index (χ1n) is 10.2. The average molecular weight is 456 g/mol. The normalized spacial score (nSPS) is 11.3. The summed E-state index contributed by atoms with van der Waals surface area (Å²) in [6, 6.07) is 8.06. The van der Waals surface area contributed by atoms with E-state index in [2.05, 4.69) is 33.6 Å². The van der Waals surface area contributed by atoms with Gasteiger partial charge in [0, 0.05) is 48.9 Å². The molecule has 8 heteroatoms. The second-order valence-corrected chi connectivity index (χ2v) is 7.50. The Kier molecular flexibility index (Phi) is 6.24. The van der Waals surface area contributed by atoms with Gasteiger partial charge in [0.05, 0.1) is 11.1 Å². The molecule has 0 aliphatic rings. The molecule has 1 atom stereocenters. The summed E-state index contributed by atoms with van der Waals surface area (Å²) in [4.78, 5) is 31.5. The number of carbonyl (C=O) groups excluding carboxylic acids is 1. The van der Waals surface area contributed by atoms with Crippen LogP contribution >= 0.6 is 0 Å².